The molecule has 0 amide bonds. The molecule has 0 spiro atoms. The SMILES string of the molecule is CCc1cc(Cl)ccc1NCN=C(N)N(C)c1ccc([N+](=O)[O-])cc1CC. The molecule has 2 aromatic rings. The van der Waals surface area contributed by atoms with Crippen LogP contribution in [0.1, 0.15) is 25.0 Å². The number of rotatable bonds is 7. The number of nitrogens with zero attached hydrogens (tertiary/aromatic N) is 3. The molecule has 0 bridgehead atoms. The molecule has 3 N–H and O–H groups in total. The van der Waals surface area contributed by atoms with Gasteiger partial charge < -0.3 is 16.0 Å². The highest BCUT2D eigenvalue weighted by molar-refractivity contribution is 6.30. The molecule has 0 saturated heterocycles. The quantitative estimate of drug-likeness (QED) is 0.320. The van der Waals surface area contributed by atoms with Gasteiger partial charge in [-0.2, -0.15) is 0 Å². The van der Waals surface area contributed by atoms with Crippen molar-refractivity contribution in [3.05, 3.63) is 62.7 Å². The first kappa shape index (κ1) is 20.5. The van der Waals surface area contributed by atoms with Crippen LogP contribution >= 0.6 is 11.6 Å². The Hall–Kier alpha value is -2.80. The summed E-state index contributed by atoms with van der Waals surface area (Å²) in [6.07, 6.45) is 1.50. The van der Waals surface area contributed by atoms with E-state index in [0.717, 1.165) is 28.9 Å². The van der Waals surface area contributed by atoms with Gasteiger partial charge in [0.15, 0.2) is 5.96 Å². The molecule has 27 heavy (non-hydrogen) atoms. The van der Waals surface area contributed by atoms with Crippen LogP contribution in [0.5, 0.6) is 0 Å². The van der Waals surface area contributed by atoms with Gasteiger partial charge in [0.05, 0.1) is 4.92 Å². The van der Waals surface area contributed by atoms with Crippen molar-refractivity contribution in [1.29, 1.82) is 0 Å². The largest absolute Gasteiger partial charge is 0.369 e. The van der Waals surface area contributed by atoms with E-state index in [9.17, 15) is 10.1 Å². The lowest BCUT2D eigenvalue weighted by Crippen LogP contribution is -2.35. The molecule has 2 aromatic carbocycles. The van der Waals surface area contributed by atoms with Crippen molar-refractivity contribution in [1.82, 2.24) is 0 Å². The summed E-state index contributed by atoms with van der Waals surface area (Å²) in [4.78, 5) is 16.7. The molecule has 0 radical (unpaired) electrons. The van der Waals surface area contributed by atoms with E-state index in [1.165, 1.54) is 6.07 Å². The smallest absolute Gasteiger partial charge is 0.269 e. The molecular weight excluding hydrogens is 366 g/mol. The van der Waals surface area contributed by atoms with Gasteiger partial charge in [0.25, 0.3) is 5.69 Å². The van der Waals surface area contributed by atoms with Crippen molar-refractivity contribution in [2.24, 2.45) is 10.7 Å². The average molecular weight is 390 g/mol. The first-order valence-electron chi connectivity index (χ1n) is 8.70. The number of nitrogens with one attached hydrogen (secondary N) is 1. The van der Waals surface area contributed by atoms with Crippen molar-refractivity contribution in [3.8, 4) is 0 Å². The minimum atomic E-state index is -0.401. The number of hydrogen-bond donors (Lipinski definition) is 2. The van der Waals surface area contributed by atoms with Gasteiger partial charge in [0.2, 0.25) is 0 Å². The highest BCUT2D eigenvalue weighted by Crippen LogP contribution is 2.25. The zero-order valence-electron chi connectivity index (χ0n) is 15.7. The normalized spacial score (nSPS) is 11.3. The van der Waals surface area contributed by atoms with Crippen LogP contribution in [0.4, 0.5) is 17.1 Å². The van der Waals surface area contributed by atoms with E-state index in [1.54, 1.807) is 24.1 Å². The lowest BCUT2D eigenvalue weighted by Gasteiger charge is -2.21. The fraction of sp³-hybridized carbons (Fsp3) is 0.316. The molecule has 0 saturated carbocycles. The van der Waals surface area contributed by atoms with E-state index >= 15 is 0 Å². The van der Waals surface area contributed by atoms with Crippen molar-refractivity contribution >= 4 is 34.6 Å². The summed E-state index contributed by atoms with van der Waals surface area (Å²) in [5, 5.41) is 14.9. The third-order valence-electron chi connectivity index (χ3n) is 4.32. The van der Waals surface area contributed by atoms with Gasteiger partial charge in [-0.05, 0) is 48.2 Å². The van der Waals surface area contributed by atoms with Gasteiger partial charge in [0, 0.05) is 35.6 Å². The number of hydrogen-bond acceptors (Lipinski definition) is 4. The number of benzene rings is 2. The number of halogens is 1. The zero-order chi connectivity index (χ0) is 20.0. The molecule has 0 aliphatic carbocycles. The third-order valence-corrected chi connectivity index (χ3v) is 4.55. The maximum Gasteiger partial charge on any atom is 0.269 e. The second-order valence-corrected chi connectivity index (χ2v) is 6.43. The number of guanidine groups is 1. The van der Waals surface area contributed by atoms with Gasteiger partial charge in [-0.1, -0.05) is 25.4 Å². The summed E-state index contributed by atoms with van der Waals surface area (Å²) in [6, 6.07) is 10.4. The zero-order valence-corrected chi connectivity index (χ0v) is 16.5. The highest BCUT2D eigenvalue weighted by Gasteiger charge is 2.14. The van der Waals surface area contributed by atoms with Gasteiger partial charge in [-0.3, -0.25) is 10.1 Å². The van der Waals surface area contributed by atoms with Crippen molar-refractivity contribution in [3.63, 3.8) is 0 Å². The van der Waals surface area contributed by atoms with Crippen molar-refractivity contribution in [2.45, 2.75) is 26.7 Å². The Kier molecular flexibility index (Phi) is 7.01. The van der Waals surface area contributed by atoms with Crippen LogP contribution in [0.2, 0.25) is 5.02 Å². The molecule has 0 aliphatic heterocycles. The summed E-state index contributed by atoms with van der Waals surface area (Å²) < 4.78 is 0. The van der Waals surface area contributed by atoms with Crippen LogP contribution in [0.3, 0.4) is 0 Å². The summed E-state index contributed by atoms with van der Waals surface area (Å²) in [5.41, 5.74) is 9.88. The molecule has 0 heterocycles. The van der Waals surface area contributed by atoms with Crippen LogP contribution in [-0.4, -0.2) is 24.6 Å². The van der Waals surface area contributed by atoms with Crippen LogP contribution < -0.4 is 16.0 Å². The lowest BCUT2D eigenvalue weighted by molar-refractivity contribution is -0.384. The Balaban J connectivity index is 2.13. The van der Waals surface area contributed by atoms with Crippen LogP contribution in [-0.2, 0) is 12.8 Å². The number of nitrogens with two attached hydrogens (primary N) is 1. The number of nitro benzene ring substituents is 1. The molecule has 2 rings (SSSR count). The minimum absolute atomic E-state index is 0.0658. The topological polar surface area (TPSA) is 96.8 Å². The number of non-ortho nitro benzene ring substituents is 1. The molecular formula is C19H24ClN5O2. The Morgan fingerprint density at radius 1 is 1.22 bits per heavy atom. The standard InChI is InChI=1S/C19H24ClN5O2/c1-4-13-10-15(20)6-8-17(13)22-12-23-19(21)24(3)18-9-7-16(25(26)27)11-14(18)5-2/h6-11,22H,4-5,12H2,1-3H3,(H2,21,23). The average Bonchev–Trinajstić information content (AvgIpc) is 2.67. The third kappa shape index (κ3) is 5.10. The fourth-order valence-corrected chi connectivity index (χ4v) is 2.95. The van der Waals surface area contributed by atoms with Crippen LogP contribution in [0.25, 0.3) is 0 Å². The lowest BCUT2D eigenvalue weighted by atomic mass is 10.1. The predicted octanol–water partition coefficient (Wildman–Crippen LogP) is 4.19. The maximum absolute atomic E-state index is 11.0. The molecule has 8 heteroatoms. The van der Waals surface area contributed by atoms with Crippen molar-refractivity contribution < 1.29 is 4.92 Å². The number of aryl methyl sites for hydroxylation is 2. The maximum atomic E-state index is 11.0. The van der Waals surface area contributed by atoms with E-state index < -0.39 is 4.92 Å². The fourth-order valence-electron chi connectivity index (χ4n) is 2.76. The van der Waals surface area contributed by atoms with E-state index in [0.29, 0.717) is 24.1 Å². The second kappa shape index (κ2) is 9.23. The summed E-state index contributed by atoms with van der Waals surface area (Å²) in [6.45, 7) is 4.31. The highest BCUT2D eigenvalue weighted by atomic mass is 35.5. The minimum Gasteiger partial charge on any atom is -0.369 e. The number of aliphatic imine (C=N–C) groups is 1. The van der Waals surface area contributed by atoms with E-state index in [1.807, 2.05) is 25.1 Å². The van der Waals surface area contributed by atoms with Crippen molar-refractivity contribution in [2.75, 3.05) is 23.9 Å². The molecule has 0 fully saturated rings. The summed E-state index contributed by atoms with van der Waals surface area (Å²) in [5.74, 6) is 0.318. The van der Waals surface area contributed by atoms with Gasteiger partial charge in [-0.15, -0.1) is 0 Å². The van der Waals surface area contributed by atoms with Crippen LogP contribution in [0.15, 0.2) is 41.4 Å². The van der Waals surface area contributed by atoms with E-state index in [2.05, 4.69) is 17.2 Å². The van der Waals surface area contributed by atoms with Gasteiger partial charge >= 0.3 is 0 Å². The summed E-state index contributed by atoms with van der Waals surface area (Å²) in [7, 11) is 1.79. The number of nitro groups is 1. The first-order chi connectivity index (χ1) is 12.9. The Labute approximate surface area is 164 Å². The second-order valence-electron chi connectivity index (χ2n) is 5.99. The molecule has 0 atom stereocenters. The van der Waals surface area contributed by atoms with E-state index in [4.69, 9.17) is 17.3 Å². The predicted molar refractivity (Wildman–Crippen MR) is 112 cm³/mol. The first-order valence-corrected chi connectivity index (χ1v) is 9.08. The Morgan fingerprint density at radius 3 is 2.56 bits per heavy atom. The monoisotopic (exact) mass is 389 g/mol. The molecule has 7 nitrogen and oxygen atoms in total. The van der Waals surface area contributed by atoms with Gasteiger partial charge in [-0.25, -0.2) is 4.99 Å². The molecule has 0 aromatic heterocycles. The molecule has 144 valence electrons. The Bertz CT molecular complexity index is 854. The Morgan fingerprint density at radius 2 is 1.93 bits per heavy atom. The molecule has 0 unspecified atom stereocenters. The van der Waals surface area contributed by atoms with Gasteiger partial charge in [0.1, 0.15) is 6.67 Å². The summed E-state index contributed by atoms with van der Waals surface area (Å²) >= 11 is 6.02. The van der Waals surface area contributed by atoms with E-state index in [-0.39, 0.29) is 5.69 Å². The molecule has 0 aliphatic rings. The number of anilines is 2. The van der Waals surface area contributed by atoms with Crippen LogP contribution in [0, 0.1) is 10.1 Å².